The molecule has 4 nitrogen and oxygen atoms in total. The zero-order valence-corrected chi connectivity index (χ0v) is 10.3. The predicted octanol–water partition coefficient (Wildman–Crippen LogP) is 2.27. The molecule has 0 spiro atoms. The molecule has 1 aliphatic carbocycles. The molecule has 2 N–H and O–H groups in total. The van der Waals surface area contributed by atoms with Gasteiger partial charge in [-0.15, -0.1) is 0 Å². The maximum atomic E-state index is 6.25. The smallest absolute Gasteiger partial charge is 0.161 e. The van der Waals surface area contributed by atoms with Gasteiger partial charge in [-0.3, -0.25) is 4.68 Å². The summed E-state index contributed by atoms with van der Waals surface area (Å²) in [4.78, 5) is 0. The molecule has 0 radical (unpaired) electrons. The van der Waals surface area contributed by atoms with Crippen LogP contribution < -0.4 is 10.5 Å². The second-order valence-electron chi connectivity index (χ2n) is 4.92. The lowest BCUT2D eigenvalue weighted by Crippen LogP contribution is -2.19. The molecule has 1 aromatic heterocycles. The first kappa shape index (κ1) is 11.5. The average molecular weight is 223 g/mol. The molecular formula is C12H21N3O. The standard InChI is InChI=1S/C12H21N3O/c1-8(2)15-12(11(16-3)7-14-15)10(13)6-9-4-5-9/h7-10H,4-6,13H2,1-3H3. The van der Waals surface area contributed by atoms with E-state index in [1.54, 1.807) is 13.3 Å². The predicted molar refractivity (Wildman–Crippen MR) is 63.4 cm³/mol. The highest BCUT2D eigenvalue weighted by Gasteiger charge is 2.28. The summed E-state index contributed by atoms with van der Waals surface area (Å²) in [5.41, 5.74) is 7.30. The van der Waals surface area contributed by atoms with Crippen LogP contribution in [0.4, 0.5) is 0 Å². The third-order valence-corrected chi connectivity index (χ3v) is 3.14. The van der Waals surface area contributed by atoms with Crippen LogP contribution in [-0.4, -0.2) is 16.9 Å². The van der Waals surface area contributed by atoms with Crippen LogP contribution in [-0.2, 0) is 0 Å². The van der Waals surface area contributed by atoms with Gasteiger partial charge in [0.1, 0.15) is 0 Å². The zero-order chi connectivity index (χ0) is 11.7. The molecule has 2 rings (SSSR count). The van der Waals surface area contributed by atoms with Crippen molar-refractivity contribution < 1.29 is 4.74 Å². The summed E-state index contributed by atoms with van der Waals surface area (Å²) in [6.07, 6.45) is 5.47. The van der Waals surface area contributed by atoms with Gasteiger partial charge in [0.05, 0.1) is 25.0 Å². The first-order valence-corrected chi connectivity index (χ1v) is 6.00. The Morgan fingerprint density at radius 3 is 2.75 bits per heavy atom. The van der Waals surface area contributed by atoms with E-state index in [0.29, 0.717) is 6.04 Å². The quantitative estimate of drug-likeness (QED) is 0.833. The van der Waals surface area contributed by atoms with Crippen molar-refractivity contribution in [3.8, 4) is 5.75 Å². The van der Waals surface area contributed by atoms with Gasteiger partial charge in [-0.05, 0) is 26.2 Å². The van der Waals surface area contributed by atoms with Crippen LogP contribution in [0.15, 0.2) is 6.20 Å². The minimum absolute atomic E-state index is 0.0485. The van der Waals surface area contributed by atoms with Crippen molar-refractivity contribution >= 4 is 0 Å². The molecule has 90 valence electrons. The van der Waals surface area contributed by atoms with Crippen LogP contribution >= 0.6 is 0 Å². The Kier molecular flexibility index (Phi) is 3.19. The highest BCUT2D eigenvalue weighted by atomic mass is 16.5. The molecule has 1 saturated carbocycles. The van der Waals surface area contributed by atoms with Crippen LogP contribution in [0.2, 0.25) is 0 Å². The topological polar surface area (TPSA) is 53.1 Å². The summed E-state index contributed by atoms with van der Waals surface area (Å²) >= 11 is 0. The van der Waals surface area contributed by atoms with E-state index in [0.717, 1.165) is 23.8 Å². The Hall–Kier alpha value is -1.03. The number of methoxy groups -OCH3 is 1. The number of ether oxygens (including phenoxy) is 1. The highest BCUT2D eigenvalue weighted by Crippen LogP contribution is 2.39. The van der Waals surface area contributed by atoms with E-state index in [4.69, 9.17) is 10.5 Å². The lowest BCUT2D eigenvalue weighted by atomic mass is 10.1. The lowest BCUT2D eigenvalue weighted by Gasteiger charge is -2.17. The molecule has 16 heavy (non-hydrogen) atoms. The lowest BCUT2D eigenvalue weighted by molar-refractivity contribution is 0.391. The Morgan fingerprint density at radius 2 is 2.25 bits per heavy atom. The van der Waals surface area contributed by atoms with E-state index < -0.39 is 0 Å². The molecule has 1 heterocycles. The SMILES string of the molecule is COc1cnn(C(C)C)c1C(N)CC1CC1. The molecule has 0 saturated heterocycles. The first-order valence-electron chi connectivity index (χ1n) is 6.00. The maximum Gasteiger partial charge on any atom is 0.161 e. The fourth-order valence-electron chi connectivity index (χ4n) is 2.10. The van der Waals surface area contributed by atoms with Gasteiger partial charge in [0, 0.05) is 6.04 Å². The minimum atomic E-state index is 0.0485. The molecule has 1 fully saturated rings. The summed E-state index contributed by atoms with van der Waals surface area (Å²) in [5.74, 6) is 1.64. The van der Waals surface area contributed by atoms with Gasteiger partial charge in [0.2, 0.25) is 0 Å². The monoisotopic (exact) mass is 223 g/mol. The molecule has 1 aromatic rings. The molecule has 0 aliphatic heterocycles. The number of rotatable bonds is 5. The largest absolute Gasteiger partial charge is 0.493 e. The summed E-state index contributed by atoms with van der Waals surface area (Å²) in [6, 6.07) is 0.372. The summed E-state index contributed by atoms with van der Waals surface area (Å²) in [7, 11) is 1.68. The van der Waals surface area contributed by atoms with E-state index in [2.05, 4.69) is 18.9 Å². The van der Waals surface area contributed by atoms with E-state index in [1.165, 1.54) is 12.8 Å². The fraction of sp³-hybridized carbons (Fsp3) is 0.750. The van der Waals surface area contributed by atoms with Gasteiger partial charge >= 0.3 is 0 Å². The summed E-state index contributed by atoms with van der Waals surface area (Å²) in [5, 5.41) is 4.35. The van der Waals surface area contributed by atoms with Crippen molar-refractivity contribution in [3.05, 3.63) is 11.9 Å². The minimum Gasteiger partial charge on any atom is -0.493 e. The molecule has 0 bridgehead atoms. The molecule has 1 unspecified atom stereocenters. The number of nitrogens with zero attached hydrogens (tertiary/aromatic N) is 2. The molecule has 1 aliphatic rings. The van der Waals surface area contributed by atoms with Gasteiger partial charge in [0.15, 0.2) is 5.75 Å². The number of hydrogen-bond acceptors (Lipinski definition) is 3. The van der Waals surface area contributed by atoms with Gasteiger partial charge in [-0.25, -0.2) is 0 Å². The maximum absolute atomic E-state index is 6.25. The number of aromatic nitrogens is 2. The Bertz CT molecular complexity index is 355. The number of nitrogens with two attached hydrogens (primary N) is 1. The van der Waals surface area contributed by atoms with E-state index in [-0.39, 0.29) is 6.04 Å². The van der Waals surface area contributed by atoms with E-state index in [9.17, 15) is 0 Å². The van der Waals surface area contributed by atoms with Gasteiger partial charge in [0.25, 0.3) is 0 Å². The average Bonchev–Trinajstić information content (AvgIpc) is 2.94. The van der Waals surface area contributed by atoms with Crippen LogP contribution in [0.3, 0.4) is 0 Å². The van der Waals surface area contributed by atoms with Gasteiger partial charge in [-0.2, -0.15) is 5.10 Å². The summed E-state index contributed by atoms with van der Waals surface area (Å²) in [6.45, 7) is 4.22. The first-order chi connectivity index (χ1) is 7.63. The van der Waals surface area contributed by atoms with Crippen molar-refractivity contribution in [1.29, 1.82) is 0 Å². The normalized spacial score (nSPS) is 17.8. The number of hydrogen-bond donors (Lipinski definition) is 1. The van der Waals surface area contributed by atoms with E-state index >= 15 is 0 Å². The Morgan fingerprint density at radius 1 is 1.56 bits per heavy atom. The fourth-order valence-corrected chi connectivity index (χ4v) is 2.10. The molecular weight excluding hydrogens is 202 g/mol. The summed E-state index contributed by atoms with van der Waals surface area (Å²) < 4.78 is 7.31. The van der Waals surface area contributed by atoms with Gasteiger partial charge in [-0.1, -0.05) is 12.8 Å². The van der Waals surface area contributed by atoms with Crippen LogP contribution in [0.1, 0.15) is 50.9 Å². The third-order valence-electron chi connectivity index (χ3n) is 3.14. The van der Waals surface area contributed by atoms with Crippen molar-refractivity contribution in [2.24, 2.45) is 11.7 Å². The van der Waals surface area contributed by atoms with Crippen molar-refractivity contribution in [3.63, 3.8) is 0 Å². The second-order valence-corrected chi connectivity index (χ2v) is 4.92. The van der Waals surface area contributed by atoms with Crippen LogP contribution in [0.5, 0.6) is 5.75 Å². The van der Waals surface area contributed by atoms with E-state index in [1.807, 2.05) is 4.68 Å². The highest BCUT2D eigenvalue weighted by molar-refractivity contribution is 5.28. The van der Waals surface area contributed by atoms with Crippen LogP contribution in [0, 0.1) is 5.92 Å². The molecule has 4 heteroatoms. The van der Waals surface area contributed by atoms with Crippen molar-refractivity contribution in [1.82, 2.24) is 9.78 Å². The van der Waals surface area contributed by atoms with Crippen LogP contribution in [0.25, 0.3) is 0 Å². The van der Waals surface area contributed by atoms with Gasteiger partial charge < -0.3 is 10.5 Å². The van der Waals surface area contributed by atoms with Crippen molar-refractivity contribution in [2.75, 3.05) is 7.11 Å². The van der Waals surface area contributed by atoms with Crippen molar-refractivity contribution in [2.45, 2.75) is 45.2 Å². The molecule has 0 aromatic carbocycles. The third kappa shape index (κ3) is 2.21. The molecule has 0 amide bonds. The second kappa shape index (κ2) is 4.45. The Balaban J connectivity index is 2.23. The molecule has 1 atom stereocenters. The Labute approximate surface area is 96.8 Å². The zero-order valence-electron chi connectivity index (χ0n) is 10.3.